The van der Waals surface area contributed by atoms with Gasteiger partial charge in [0, 0.05) is 43.3 Å². The summed E-state index contributed by atoms with van der Waals surface area (Å²) in [6.07, 6.45) is 0. The lowest BCUT2D eigenvalue weighted by Gasteiger charge is -2.31. The Balaban J connectivity index is 1.46. The summed E-state index contributed by atoms with van der Waals surface area (Å²) in [4.78, 5) is 33.9. The molecule has 1 saturated heterocycles. The lowest BCUT2D eigenvalue weighted by Crippen LogP contribution is -2.48. The zero-order chi connectivity index (χ0) is 26.6. The number of benzene rings is 2. The maximum Gasteiger partial charge on any atom is 0.322 e. The number of ether oxygens (including phenoxy) is 2. The third-order valence-electron chi connectivity index (χ3n) is 6.32. The zero-order valence-corrected chi connectivity index (χ0v) is 22.7. The summed E-state index contributed by atoms with van der Waals surface area (Å²) in [5.74, 6) is 0.654. The second kappa shape index (κ2) is 14.5. The van der Waals surface area contributed by atoms with E-state index >= 15 is 0 Å². The molecule has 38 heavy (non-hydrogen) atoms. The van der Waals surface area contributed by atoms with Crippen LogP contribution in [-0.4, -0.2) is 79.2 Å². The number of nitrogens with one attached hydrogen (secondary N) is 1. The smallest absolute Gasteiger partial charge is 0.322 e. The van der Waals surface area contributed by atoms with Crippen LogP contribution in [-0.2, 0) is 22.6 Å². The Kier molecular flexibility index (Phi) is 10.6. The van der Waals surface area contributed by atoms with Crippen LogP contribution in [0, 0.1) is 0 Å². The van der Waals surface area contributed by atoms with Gasteiger partial charge < -0.3 is 24.6 Å². The van der Waals surface area contributed by atoms with Crippen LogP contribution >= 0.6 is 11.3 Å². The number of urea groups is 1. The average molecular weight is 537 g/mol. The van der Waals surface area contributed by atoms with Gasteiger partial charge in [0.05, 0.1) is 26.4 Å². The Morgan fingerprint density at radius 2 is 1.74 bits per heavy atom. The molecule has 0 spiro atoms. The Hall–Kier alpha value is -3.40. The number of carbonyl (C=O) groups is 2. The van der Waals surface area contributed by atoms with Crippen molar-refractivity contribution in [3.8, 4) is 5.75 Å². The first kappa shape index (κ1) is 27.6. The predicted molar refractivity (Wildman–Crippen MR) is 150 cm³/mol. The number of carbonyl (C=O) groups excluding carboxylic acids is 2. The molecule has 2 aromatic carbocycles. The van der Waals surface area contributed by atoms with Crippen LogP contribution in [0.25, 0.3) is 0 Å². The first-order valence-electron chi connectivity index (χ1n) is 13.0. The van der Waals surface area contributed by atoms with Crippen molar-refractivity contribution in [2.24, 2.45) is 0 Å². The number of hydrogen-bond donors (Lipinski definition) is 1. The number of anilines is 1. The summed E-state index contributed by atoms with van der Waals surface area (Å²) in [7, 11) is 0. The van der Waals surface area contributed by atoms with Crippen LogP contribution in [0.3, 0.4) is 0 Å². The third-order valence-corrected chi connectivity index (χ3v) is 7.18. The highest BCUT2D eigenvalue weighted by Gasteiger charge is 2.23. The summed E-state index contributed by atoms with van der Waals surface area (Å²) in [5, 5.41) is 4.97. The van der Waals surface area contributed by atoms with Crippen molar-refractivity contribution in [2.75, 3.05) is 57.9 Å². The van der Waals surface area contributed by atoms with Gasteiger partial charge in [0.1, 0.15) is 12.3 Å². The summed E-state index contributed by atoms with van der Waals surface area (Å²) in [5.41, 5.74) is 1.71. The van der Waals surface area contributed by atoms with Gasteiger partial charge in [0.2, 0.25) is 5.91 Å². The van der Waals surface area contributed by atoms with E-state index in [-0.39, 0.29) is 18.5 Å². The monoisotopic (exact) mass is 536 g/mol. The summed E-state index contributed by atoms with van der Waals surface area (Å²) < 4.78 is 11.0. The second-order valence-electron chi connectivity index (χ2n) is 9.08. The number of thiophene rings is 1. The lowest BCUT2D eigenvalue weighted by atomic mass is 10.2. The van der Waals surface area contributed by atoms with Crippen molar-refractivity contribution in [1.82, 2.24) is 14.7 Å². The molecule has 202 valence electrons. The molecule has 1 N–H and O–H groups in total. The summed E-state index contributed by atoms with van der Waals surface area (Å²) in [6.45, 7) is 7.61. The lowest BCUT2D eigenvalue weighted by molar-refractivity contribution is -0.133. The third kappa shape index (κ3) is 8.58. The second-order valence-corrected chi connectivity index (χ2v) is 10.1. The molecule has 1 fully saturated rings. The van der Waals surface area contributed by atoms with Crippen molar-refractivity contribution in [2.45, 2.75) is 20.0 Å². The number of nitrogens with zero attached hydrogens (tertiary/aromatic N) is 3. The minimum Gasteiger partial charge on any atom is -0.494 e. The molecule has 8 nitrogen and oxygen atoms in total. The van der Waals surface area contributed by atoms with E-state index in [4.69, 9.17) is 9.47 Å². The molecule has 3 amide bonds. The Labute approximate surface area is 228 Å². The standard InChI is InChI=1S/C29H36N4O4S/c1-2-37-26-12-10-25(11-13-26)30-29(35)32(15-14-31-16-18-36-19-17-31)23-28(34)33(22-27-9-6-20-38-27)21-24-7-4-3-5-8-24/h3-13,20H,2,14-19,21-23H2,1H3,(H,30,35). The van der Waals surface area contributed by atoms with Gasteiger partial charge in [-0.2, -0.15) is 0 Å². The highest BCUT2D eigenvalue weighted by Crippen LogP contribution is 2.18. The fourth-order valence-electron chi connectivity index (χ4n) is 4.23. The van der Waals surface area contributed by atoms with E-state index in [0.29, 0.717) is 51.7 Å². The van der Waals surface area contributed by atoms with Crippen molar-refractivity contribution >= 4 is 29.0 Å². The molecule has 0 unspecified atom stereocenters. The topological polar surface area (TPSA) is 74.4 Å². The number of hydrogen-bond acceptors (Lipinski definition) is 6. The van der Waals surface area contributed by atoms with Crippen LogP contribution in [0.5, 0.6) is 5.75 Å². The van der Waals surface area contributed by atoms with E-state index in [1.165, 1.54) is 0 Å². The van der Waals surface area contributed by atoms with Gasteiger partial charge in [-0.1, -0.05) is 36.4 Å². The van der Waals surface area contributed by atoms with Gasteiger partial charge >= 0.3 is 6.03 Å². The average Bonchev–Trinajstić information content (AvgIpc) is 3.46. The van der Waals surface area contributed by atoms with Crippen molar-refractivity contribution in [1.29, 1.82) is 0 Å². The normalized spacial score (nSPS) is 13.6. The van der Waals surface area contributed by atoms with Crippen molar-refractivity contribution in [3.05, 3.63) is 82.6 Å². The van der Waals surface area contributed by atoms with Crippen molar-refractivity contribution < 1.29 is 19.1 Å². The molecule has 9 heteroatoms. The van der Waals surface area contributed by atoms with Crippen LogP contribution < -0.4 is 10.1 Å². The number of morpholine rings is 1. The predicted octanol–water partition coefficient (Wildman–Crippen LogP) is 4.54. The van der Waals surface area contributed by atoms with E-state index in [1.807, 2.05) is 83.9 Å². The summed E-state index contributed by atoms with van der Waals surface area (Å²) in [6, 6.07) is 20.9. The molecule has 0 saturated carbocycles. The molecule has 2 heterocycles. The largest absolute Gasteiger partial charge is 0.494 e. The fraction of sp³-hybridized carbons (Fsp3) is 0.379. The number of amides is 3. The van der Waals surface area contributed by atoms with Gasteiger partial charge in [-0.15, -0.1) is 11.3 Å². The molecule has 1 aliphatic rings. The van der Waals surface area contributed by atoms with Crippen LogP contribution in [0.2, 0.25) is 0 Å². The van der Waals surface area contributed by atoms with Gasteiger partial charge in [-0.3, -0.25) is 9.69 Å². The van der Waals surface area contributed by atoms with E-state index < -0.39 is 0 Å². The fourth-order valence-corrected chi connectivity index (χ4v) is 4.95. The first-order valence-corrected chi connectivity index (χ1v) is 13.9. The van der Waals surface area contributed by atoms with E-state index in [0.717, 1.165) is 29.3 Å². The van der Waals surface area contributed by atoms with Crippen LogP contribution in [0.15, 0.2) is 72.1 Å². The molecule has 4 rings (SSSR count). The molecule has 1 aliphatic heterocycles. The minimum absolute atomic E-state index is 0.00852. The molecule has 0 bridgehead atoms. The molecule has 0 radical (unpaired) electrons. The van der Waals surface area contributed by atoms with Gasteiger partial charge in [0.25, 0.3) is 0 Å². The molecule has 0 atom stereocenters. The van der Waals surface area contributed by atoms with E-state index in [9.17, 15) is 9.59 Å². The van der Waals surface area contributed by atoms with Gasteiger partial charge in [-0.25, -0.2) is 4.79 Å². The molecular weight excluding hydrogens is 500 g/mol. The quantitative estimate of drug-likeness (QED) is 0.368. The molecule has 3 aromatic rings. The molecule has 0 aliphatic carbocycles. The van der Waals surface area contributed by atoms with Gasteiger partial charge in [0.15, 0.2) is 0 Å². The SMILES string of the molecule is CCOc1ccc(NC(=O)N(CCN2CCOCC2)CC(=O)N(Cc2ccccc2)Cc2cccs2)cc1. The number of rotatable bonds is 12. The Morgan fingerprint density at radius 3 is 2.42 bits per heavy atom. The maximum absolute atomic E-state index is 13.7. The Bertz CT molecular complexity index is 1120. The van der Waals surface area contributed by atoms with Crippen LogP contribution in [0.4, 0.5) is 10.5 Å². The van der Waals surface area contributed by atoms with E-state index in [1.54, 1.807) is 16.2 Å². The van der Waals surface area contributed by atoms with Crippen molar-refractivity contribution in [3.63, 3.8) is 0 Å². The first-order chi connectivity index (χ1) is 18.6. The van der Waals surface area contributed by atoms with Gasteiger partial charge in [-0.05, 0) is 48.2 Å². The highest BCUT2D eigenvalue weighted by atomic mass is 32.1. The molecular formula is C29H36N4O4S. The van der Waals surface area contributed by atoms with Crippen LogP contribution in [0.1, 0.15) is 17.4 Å². The Morgan fingerprint density at radius 1 is 0.974 bits per heavy atom. The van der Waals surface area contributed by atoms with E-state index in [2.05, 4.69) is 10.2 Å². The summed E-state index contributed by atoms with van der Waals surface area (Å²) >= 11 is 1.62. The minimum atomic E-state index is -0.299. The maximum atomic E-state index is 13.7. The zero-order valence-electron chi connectivity index (χ0n) is 21.9. The highest BCUT2D eigenvalue weighted by molar-refractivity contribution is 7.09. The molecule has 1 aromatic heterocycles.